The Morgan fingerprint density at radius 2 is 2.29 bits per heavy atom. The maximum Gasteiger partial charge on any atom is 0.0963 e. The van der Waals surface area contributed by atoms with Crippen molar-refractivity contribution in [1.29, 1.82) is 0 Å². The van der Waals surface area contributed by atoms with Crippen LogP contribution in [0.15, 0.2) is 4.99 Å². The van der Waals surface area contributed by atoms with Gasteiger partial charge in [0.15, 0.2) is 0 Å². The molecule has 0 aromatic heterocycles. The molecule has 1 saturated heterocycles. The third-order valence-corrected chi connectivity index (χ3v) is 4.33. The quantitative estimate of drug-likeness (QED) is 0.760. The molecule has 2 aliphatic heterocycles. The van der Waals surface area contributed by atoms with E-state index in [2.05, 4.69) is 22.1 Å². The third kappa shape index (κ3) is 3.19. The van der Waals surface area contributed by atoms with Crippen LogP contribution in [0, 0.1) is 0 Å². The number of hydrogen-bond donors (Lipinski definition) is 1. The Hall–Kier alpha value is -0.180. The number of aliphatic imine (C=N–C) groups is 1. The maximum atomic E-state index is 4.51. The highest BCUT2D eigenvalue weighted by atomic mass is 32.2. The van der Waals surface area contributed by atoms with E-state index in [1.807, 2.05) is 0 Å². The molecule has 0 saturated carbocycles. The van der Waals surface area contributed by atoms with Crippen LogP contribution < -0.4 is 5.32 Å². The SMILES string of the molecule is C1CCC(NCC2CCCCS2)=NC1. The summed E-state index contributed by atoms with van der Waals surface area (Å²) in [4.78, 5) is 4.51. The summed E-state index contributed by atoms with van der Waals surface area (Å²) < 4.78 is 0. The van der Waals surface area contributed by atoms with Gasteiger partial charge in [-0.25, -0.2) is 0 Å². The lowest BCUT2D eigenvalue weighted by Crippen LogP contribution is -2.33. The van der Waals surface area contributed by atoms with Crippen LogP contribution in [0.5, 0.6) is 0 Å². The zero-order chi connectivity index (χ0) is 9.64. The standard InChI is InChI=1S/C11H20N2S/c1-3-7-12-11(6-1)13-9-10-5-2-4-8-14-10/h10H,1-9H2,(H,12,13). The van der Waals surface area contributed by atoms with Gasteiger partial charge in [0, 0.05) is 24.8 Å². The predicted octanol–water partition coefficient (Wildman–Crippen LogP) is 2.44. The minimum atomic E-state index is 0.841. The Labute approximate surface area is 90.9 Å². The molecule has 1 unspecified atom stereocenters. The van der Waals surface area contributed by atoms with Gasteiger partial charge in [-0.1, -0.05) is 6.42 Å². The molecule has 80 valence electrons. The topological polar surface area (TPSA) is 24.4 Å². The molecular weight excluding hydrogens is 192 g/mol. The molecule has 2 rings (SSSR count). The summed E-state index contributed by atoms with van der Waals surface area (Å²) in [6, 6.07) is 0. The molecule has 1 fully saturated rings. The fourth-order valence-electron chi connectivity index (χ4n) is 2.04. The second-order valence-electron chi connectivity index (χ2n) is 4.16. The van der Waals surface area contributed by atoms with E-state index < -0.39 is 0 Å². The Balaban J connectivity index is 1.67. The van der Waals surface area contributed by atoms with E-state index in [1.165, 1.54) is 50.1 Å². The van der Waals surface area contributed by atoms with Crippen LogP contribution in [-0.2, 0) is 0 Å². The van der Waals surface area contributed by atoms with E-state index >= 15 is 0 Å². The van der Waals surface area contributed by atoms with Crippen molar-refractivity contribution < 1.29 is 0 Å². The lowest BCUT2D eigenvalue weighted by atomic mass is 10.1. The normalized spacial score (nSPS) is 28.3. The van der Waals surface area contributed by atoms with Crippen molar-refractivity contribution in [3.8, 4) is 0 Å². The predicted molar refractivity (Wildman–Crippen MR) is 64.3 cm³/mol. The second kappa shape index (κ2) is 5.64. The molecule has 1 atom stereocenters. The number of nitrogens with one attached hydrogen (secondary N) is 1. The van der Waals surface area contributed by atoms with Crippen molar-refractivity contribution in [2.45, 2.75) is 43.8 Å². The molecule has 0 spiro atoms. The number of hydrogen-bond acceptors (Lipinski definition) is 3. The van der Waals surface area contributed by atoms with Gasteiger partial charge in [0.25, 0.3) is 0 Å². The smallest absolute Gasteiger partial charge is 0.0963 e. The van der Waals surface area contributed by atoms with Gasteiger partial charge in [0.2, 0.25) is 0 Å². The average Bonchev–Trinajstić information content (AvgIpc) is 2.29. The summed E-state index contributed by atoms with van der Waals surface area (Å²) in [7, 11) is 0. The molecule has 0 radical (unpaired) electrons. The number of thioether (sulfide) groups is 1. The number of nitrogens with zero attached hydrogens (tertiary/aromatic N) is 1. The van der Waals surface area contributed by atoms with Crippen molar-refractivity contribution in [2.75, 3.05) is 18.8 Å². The van der Waals surface area contributed by atoms with Gasteiger partial charge in [0.05, 0.1) is 5.84 Å². The van der Waals surface area contributed by atoms with E-state index in [0.717, 1.165) is 18.3 Å². The Bertz CT molecular complexity index is 197. The first-order chi connectivity index (χ1) is 6.95. The second-order valence-corrected chi connectivity index (χ2v) is 5.56. The van der Waals surface area contributed by atoms with Crippen LogP contribution in [0.25, 0.3) is 0 Å². The summed E-state index contributed by atoms with van der Waals surface area (Å²) >= 11 is 2.13. The minimum Gasteiger partial charge on any atom is -0.373 e. The summed E-state index contributed by atoms with van der Waals surface area (Å²) in [6.07, 6.45) is 8.02. The van der Waals surface area contributed by atoms with Crippen molar-refractivity contribution >= 4 is 17.6 Å². The number of amidine groups is 1. The molecule has 1 N–H and O–H groups in total. The van der Waals surface area contributed by atoms with Crippen LogP contribution in [-0.4, -0.2) is 29.9 Å². The first-order valence-corrected chi connectivity index (χ1v) is 6.89. The zero-order valence-corrected chi connectivity index (χ0v) is 9.61. The lowest BCUT2D eigenvalue weighted by Gasteiger charge is -2.23. The van der Waals surface area contributed by atoms with Crippen molar-refractivity contribution in [3.63, 3.8) is 0 Å². The van der Waals surface area contributed by atoms with E-state index in [4.69, 9.17) is 0 Å². The van der Waals surface area contributed by atoms with Gasteiger partial charge < -0.3 is 5.32 Å². The van der Waals surface area contributed by atoms with Crippen LogP contribution in [0.2, 0.25) is 0 Å². The highest BCUT2D eigenvalue weighted by Gasteiger charge is 2.14. The van der Waals surface area contributed by atoms with Crippen molar-refractivity contribution in [1.82, 2.24) is 5.32 Å². The Kier molecular flexibility index (Phi) is 4.17. The molecule has 3 heteroatoms. The summed E-state index contributed by atoms with van der Waals surface area (Å²) in [5.41, 5.74) is 0. The highest BCUT2D eigenvalue weighted by molar-refractivity contribution is 7.99. The van der Waals surface area contributed by atoms with Crippen LogP contribution >= 0.6 is 11.8 Å². The number of rotatable bonds is 2. The monoisotopic (exact) mass is 212 g/mol. The molecule has 2 aliphatic rings. The summed E-state index contributed by atoms with van der Waals surface area (Å²) in [5.74, 6) is 2.63. The van der Waals surface area contributed by atoms with Gasteiger partial charge in [-0.3, -0.25) is 4.99 Å². The summed E-state index contributed by atoms with van der Waals surface area (Å²) in [6.45, 7) is 2.18. The first-order valence-electron chi connectivity index (χ1n) is 5.84. The molecule has 2 heterocycles. The molecular formula is C11H20N2S. The Morgan fingerprint density at radius 1 is 1.29 bits per heavy atom. The first kappa shape index (κ1) is 10.3. The van der Waals surface area contributed by atoms with Gasteiger partial charge in [-0.15, -0.1) is 0 Å². The van der Waals surface area contributed by atoms with Gasteiger partial charge in [0.1, 0.15) is 0 Å². The third-order valence-electron chi connectivity index (χ3n) is 2.93. The molecule has 0 bridgehead atoms. The zero-order valence-electron chi connectivity index (χ0n) is 8.80. The average molecular weight is 212 g/mol. The van der Waals surface area contributed by atoms with Crippen LogP contribution in [0.1, 0.15) is 38.5 Å². The lowest BCUT2D eigenvalue weighted by molar-refractivity contribution is 0.636. The van der Waals surface area contributed by atoms with Crippen molar-refractivity contribution in [3.05, 3.63) is 0 Å². The summed E-state index contributed by atoms with van der Waals surface area (Å²) in [5, 5.41) is 4.36. The molecule has 0 amide bonds. The van der Waals surface area contributed by atoms with Gasteiger partial charge in [-0.2, -0.15) is 11.8 Å². The van der Waals surface area contributed by atoms with E-state index in [1.54, 1.807) is 0 Å². The maximum absolute atomic E-state index is 4.51. The Morgan fingerprint density at radius 3 is 3.00 bits per heavy atom. The van der Waals surface area contributed by atoms with Gasteiger partial charge >= 0.3 is 0 Å². The highest BCUT2D eigenvalue weighted by Crippen LogP contribution is 2.24. The van der Waals surface area contributed by atoms with Crippen LogP contribution in [0.4, 0.5) is 0 Å². The van der Waals surface area contributed by atoms with E-state index in [0.29, 0.717) is 0 Å². The van der Waals surface area contributed by atoms with E-state index in [9.17, 15) is 0 Å². The minimum absolute atomic E-state index is 0.841. The van der Waals surface area contributed by atoms with Gasteiger partial charge in [-0.05, 0) is 31.4 Å². The molecule has 0 aromatic rings. The van der Waals surface area contributed by atoms with E-state index in [-0.39, 0.29) is 0 Å². The largest absolute Gasteiger partial charge is 0.373 e. The fourth-order valence-corrected chi connectivity index (χ4v) is 3.28. The van der Waals surface area contributed by atoms with Crippen LogP contribution in [0.3, 0.4) is 0 Å². The van der Waals surface area contributed by atoms with Crippen molar-refractivity contribution in [2.24, 2.45) is 4.99 Å². The fraction of sp³-hybridized carbons (Fsp3) is 0.909. The molecule has 2 nitrogen and oxygen atoms in total. The molecule has 14 heavy (non-hydrogen) atoms. The molecule has 0 aromatic carbocycles. The molecule has 0 aliphatic carbocycles.